The van der Waals surface area contributed by atoms with Crippen LogP contribution in [-0.4, -0.2) is 23.6 Å². The third-order valence-electron chi connectivity index (χ3n) is 5.30. The Morgan fingerprint density at radius 2 is 1.62 bits per heavy atom. The third kappa shape index (κ3) is 6.83. The fraction of sp³-hybridized carbons (Fsp3) is 0.462. The van der Waals surface area contributed by atoms with Crippen LogP contribution in [0.15, 0.2) is 49.1 Å². The number of benzene rings is 2. The zero-order valence-corrected chi connectivity index (χ0v) is 21.4. The molecule has 0 fully saturated rings. The number of fused-ring (bicyclic) bond motifs is 1. The first kappa shape index (κ1) is 25.9. The summed E-state index contributed by atoms with van der Waals surface area (Å²) in [5.41, 5.74) is 0.582. The summed E-state index contributed by atoms with van der Waals surface area (Å²) in [6.07, 6.45) is 7.62. The number of aryl methyl sites for hydroxylation is 1. The molecule has 0 aliphatic rings. The van der Waals surface area contributed by atoms with Gasteiger partial charge in [0.05, 0.1) is 25.8 Å². The van der Waals surface area contributed by atoms with Crippen LogP contribution in [0.1, 0.15) is 50.9 Å². The lowest BCUT2D eigenvalue weighted by atomic mass is 10.0. The van der Waals surface area contributed by atoms with Crippen molar-refractivity contribution in [2.24, 2.45) is 18.9 Å². The highest BCUT2D eigenvalue weighted by molar-refractivity contribution is 6.06. The number of carbonyl (C=O) groups is 1. The van der Waals surface area contributed by atoms with E-state index in [9.17, 15) is 4.79 Å². The van der Waals surface area contributed by atoms with Crippen molar-refractivity contribution in [2.75, 3.05) is 13.2 Å². The Morgan fingerprint density at radius 3 is 2.22 bits per heavy atom. The van der Waals surface area contributed by atoms with Gasteiger partial charge in [0.1, 0.15) is 23.9 Å². The second kappa shape index (κ2) is 12.0. The maximum absolute atomic E-state index is 13.4. The summed E-state index contributed by atoms with van der Waals surface area (Å²) in [5.74, 6) is 2.50. The van der Waals surface area contributed by atoms with Crippen molar-refractivity contribution in [3.8, 4) is 11.5 Å². The molecular weight excluding hydrogens is 468 g/mol. The Morgan fingerprint density at radius 1 is 1.00 bits per heavy atom. The van der Waals surface area contributed by atoms with Crippen molar-refractivity contribution >= 4 is 16.6 Å². The number of imidazole rings is 1. The highest BCUT2D eigenvalue weighted by Crippen LogP contribution is 2.37. The molecule has 0 atom stereocenters. The summed E-state index contributed by atoms with van der Waals surface area (Å²) in [6, 6.07) is 9.91. The number of ketones is 1. The molecule has 2 aromatic carbocycles. The smallest absolute Gasteiger partial charge is 0.243 e. The van der Waals surface area contributed by atoms with Gasteiger partial charge in [-0.2, -0.15) is 0 Å². The van der Waals surface area contributed by atoms with Crippen molar-refractivity contribution in [2.45, 2.75) is 47.1 Å². The molecule has 3 aromatic rings. The molecule has 5 nitrogen and oxygen atoms in total. The summed E-state index contributed by atoms with van der Waals surface area (Å²) in [5, 5.41) is 1.91. The third-order valence-corrected chi connectivity index (χ3v) is 5.30. The molecule has 174 valence electrons. The van der Waals surface area contributed by atoms with Crippen LogP contribution < -0.4 is 31.0 Å². The van der Waals surface area contributed by atoms with E-state index >= 15 is 0 Å². The van der Waals surface area contributed by atoms with Gasteiger partial charge in [-0.3, -0.25) is 4.79 Å². The topological polar surface area (TPSA) is 44.3 Å². The van der Waals surface area contributed by atoms with Crippen molar-refractivity contribution in [1.82, 2.24) is 4.57 Å². The number of ether oxygens (including phenoxy) is 2. The van der Waals surface area contributed by atoms with Crippen LogP contribution in [0.3, 0.4) is 0 Å². The fourth-order valence-corrected chi connectivity index (χ4v) is 3.45. The van der Waals surface area contributed by atoms with Gasteiger partial charge in [0, 0.05) is 10.8 Å². The minimum Gasteiger partial charge on any atom is -1.00 e. The van der Waals surface area contributed by atoms with Crippen molar-refractivity contribution in [3.05, 3.63) is 54.6 Å². The number of rotatable bonds is 11. The molecule has 32 heavy (non-hydrogen) atoms. The summed E-state index contributed by atoms with van der Waals surface area (Å²) in [4.78, 5) is 13.4. The Balaban J connectivity index is 0.00000363. The van der Waals surface area contributed by atoms with E-state index in [1.54, 1.807) is 0 Å². The van der Waals surface area contributed by atoms with E-state index in [1.807, 2.05) is 65.2 Å². The number of hydrogen-bond donors (Lipinski definition) is 0. The summed E-state index contributed by atoms with van der Waals surface area (Å²) in [7, 11) is 1.94. The van der Waals surface area contributed by atoms with Crippen LogP contribution in [0.4, 0.5) is 0 Å². The number of hydrogen-bond acceptors (Lipinski definition) is 3. The van der Waals surface area contributed by atoms with Crippen LogP contribution in [0.25, 0.3) is 10.8 Å². The molecule has 0 bridgehead atoms. The second-order valence-corrected chi connectivity index (χ2v) is 9.03. The SMILES string of the molecule is CC(C)CCOc1cc(C(=O)Cn2cc[n+](C)c2)c(OCCC(C)C)c2ccccc12.[Br-]. The monoisotopic (exact) mass is 502 g/mol. The summed E-state index contributed by atoms with van der Waals surface area (Å²) >= 11 is 0. The van der Waals surface area contributed by atoms with Crippen LogP contribution in [0.5, 0.6) is 11.5 Å². The average Bonchev–Trinajstić information content (AvgIpc) is 3.13. The fourth-order valence-electron chi connectivity index (χ4n) is 3.45. The molecule has 1 heterocycles. The summed E-state index contributed by atoms with van der Waals surface area (Å²) in [6.45, 7) is 10.2. The van der Waals surface area contributed by atoms with Gasteiger partial charge >= 0.3 is 0 Å². The normalized spacial score (nSPS) is 11.1. The Kier molecular flexibility index (Phi) is 9.76. The van der Waals surface area contributed by atoms with Gasteiger partial charge in [0.15, 0.2) is 6.54 Å². The largest absolute Gasteiger partial charge is 1.00 e. The molecule has 0 N–H and O–H groups in total. The van der Waals surface area contributed by atoms with Crippen LogP contribution >= 0.6 is 0 Å². The molecule has 0 unspecified atom stereocenters. The maximum atomic E-state index is 13.4. The molecule has 0 aliphatic carbocycles. The molecule has 0 saturated heterocycles. The maximum Gasteiger partial charge on any atom is 0.243 e. The molecule has 3 rings (SSSR count). The lowest BCUT2D eigenvalue weighted by Crippen LogP contribution is -3.00. The zero-order valence-electron chi connectivity index (χ0n) is 19.8. The average molecular weight is 503 g/mol. The standard InChI is InChI=1S/C26H35N2O3.BrH/c1-19(2)10-14-30-25-16-23(24(29)17-28-13-12-27(5)18-28)26(31-15-11-20(3)4)22-9-7-6-8-21(22)25;/h6-9,12-13,16,18-20H,10-11,14-15,17H2,1-5H3;1H/q+1;/p-1. The minimum absolute atomic E-state index is 0. The molecule has 1 aromatic heterocycles. The lowest BCUT2D eigenvalue weighted by molar-refractivity contribution is -0.671. The van der Waals surface area contributed by atoms with Crippen LogP contribution in [-0.2, 0) is 13.6 Å². The highest BCUT2D eigenvalue weighted by atomic mass is 79.9. The Labute approximate surface area is 202 Å². The van der Waals surface area contributed by atoms with Gasteiger partial charge in [-0.25, -0.2) is 9.13 Å². The first-order valence-corrected chi connectivity index (χ1v) is 11.2. The van der Waals surface area contributed by atoms with E-state index in [-0.39, 0.29) is 29.3 Å². The summed E-state index contributed by atoms with van der Waals surface area (Å²) < 4.78 is 16.2. The number of halogens is 1. The van der Waals surface area contributed by atoms with E-state index in [2.05, 4.69) is 27.7 Å². The van der Waals surface area contributed by atoms with Gasteiger partial charge in [0.2, 0.25) is 12.1 Å². The van der Waals surface area contributed by atoms with Crippen LogP contribution in [0.2, 0.25) is 0 Å². The highest BCUT2D eigenvalue weighted by Gasteiger charge is 2.21. The molecule has 0 aliphatic heterocycles. The quantitative estimate of drug-likeness (QED) is 0.298. The molecular formula is C26H35BrN2O3. The second-order valence-electron chi connectivity index (χ2n) is 9.03. The lowest BCUT2D eigenvalue weighted by Gasteiger charge is -2.18. The molecule has 0 saturated carbocycles. The first-order chi connectivity index (χ1) is 14.8. The Bertz CT molecular complexity index is 1030. The van der Waals surface area contributed by atoms with Crippen LogP contribution in [0, 0.1) is 11.8 Å². The predicted molar refractivity (Wildman–Crippen MR) is 124 cm³/mol. The zero-order chi connectivity index (χ0) is 22.4. The van der Waals surface area contributed by atoms with Gasteiger partial charge in [-0.05, 0) is 30.7 Å². The van der Waals surface area contributed by atoms with E-state index in [4.69, 9.17) is 9.47 Å². The minimum atomic E-state index is 0. The number of nitrogens with zero attached hydrogens (tertiary/aromatic N) is 2. The number of Topliss-reactive ketones (excluding diaryl/α,β-unsaturated/α-hetero) is 1. The first-order valence-electron chi connectivity index (χ1n) is 11.2. The molecule has 0 radical (unpaired) electrons. The predicted octanol–water partition coefficient (Wildman–Crippen LogP) is 2.20. The van der Waals surface area contributed by atoms with Gasteiger partial charge < -0.3 is 26.5 Å². The van der Waals surface area contributed by atoms with E-state index in [1.165, 1.54) is 0 Å². The van der Waals surface area contributed by atoms with Gasteiger partial charge in [-0.15, -0.1) is 0 Å². The Hall–Kier alpha value is -2.34. The molecule has 0 spiro atoms. The van der Waals surface area contributed by atoms with Crippen molar-refractivity contribution in [1.29, 1.82) is 0 Å². The number of aromatic nitrogens is 2. The number of carbonyl (C=O) groups excluding carboxylic acids is 1. The van der Waals surface area contributed by atoms with E-state index < -0.39 is 0 Å². The van der Waals surface area contributed by atoms with Crippen molar-refractivity contribution in [3.63, 3.8) is 0 Å². The molecule has 0 amide bonds. The van der Waals surface area contributed by atoms with E-state index in [0.717, 1.165) is 29.4 Å². The van der Waals surface area contributed by atoms with E-state index in [0.29, 0.717) is 36.4 Å². The van der Waals surface area contributed by atoms with Gasteiger partial charge in [0.25, 0.3) is 0 Å². The van der Waals surface area contributed by atoms with Gasteiger partial charge in [-0.1, -0.05) is 52.0 Å². The molecule has 6 heteroatoms. The van der Waals surface area contributed by atoms with Crippen molar-refractivity contribution < 1.29 is 35.8 Å².